The standard InChI is InChI=1S/C21H20N2.C7H9F.2C2H6/c1-23(2)20-14-10-18(11-15-20)21(16-6-4-3-5-7-16)17-8-12-19(22)13-9-17;1-3-5-7(8)6-4-2;2*1-2/h3-15,22H,1-2H3;3-6H,1H2,2H3;2*1-2H3/p+1/b;6-4-,7-5+;;. The van der Waals surface area contributed by atoms with Crippen molar-refractivity contribution in [3.63, 3.8) is 0 Å². The number of benzene rings is 2. The number of allylic oxidation sites excluding steroid dienone is 10. The monoisotopic (exact) mass is 473 g/mol. The van der Waals surface area contributed by atoms with E-state index in [0.717, 1.165) is 5.69 Å². The molecular weight excluding hydrogens is 431 g/mol. The topological polar surface area (TPSA) is 29.0 Å². The van der Waals surface area contributed by atoms with Gasteiger partial charge in [-0.15, -0.1) is 0 Å². The fraction of sp³-hybridized carbons (Fsp3) is 0.219. The first-order valence-electron chi connectivity index (χ1n) is 12.1. The molecule has 0 saturated carbocycles. The van der Waals surface area contributed by atoms with Crippen LogP contribution in [0.3, 0.4) is 0 Å². The molecule has 0 heterocycles. The maximum atomic E-state index is 12.1. The van der Waals surface area contributed by atoms with Gasteiger partial charge in [0.05, 0.1) is 0 Å². The molecule has 3 heteroatoms. The van der Waals surface area contributed by atoms with Crippen molar-refractivity contribution in [3.8, 4) is 0 Å². The highest BCUT2D eigenvalue weighted by molar-refractivity contribution is 6.03. The molecule has 2 aromatic rings. The number of nitrogens with zero attached hydrogens (tertiary/aromatic N) is 1. The number of hydrogen-bond donors (Lipinski definition) is 1. The van der Waals surface area contributed by atoms with Crippen molar-refractivity contribution in [3.05, 3.63) is 132 Å². The molecule has 3 rings (SSSR count). The predicted molar refractivity (Wildman–Crippen MR) is 156 cm³/mol. The van der Waals surface area contributed by atoms with Crippen LogP contribution >= 0.6 is 0 Å². The Labute approximate surface area is 212 Å². The molecule has 0 radical (unpaired) electrons. The van der Waals surface area contributed by atoms with E-state index in [9.17, 15) is 4.39 Å². The Morgan fingerprint density at radius 2 is 1.34 bits per heavy atom. The second kappa shape index (κ2) is 18.7. The van der Waals surface area contributed by atoms with E-state index in [4.69, 9.17) is 5.73 Å². The van der Waals surface area contributed by atoms with Gasteiger partial charge >= 0.3 is 0 Å². The second-order valence-corrected chi connectivity index (χ2v) is 7.09. The molecule has 0 spiro atoms. The van der Waals surface area contributed by atoms with Gasteiger partial charge in [0.2, 0.25) is 0 Å². The maximum absolute atomic E-state index is 12.1. The summed E-state index contributed by atoms with van der Waals surface area (Å²) in [5.74, 6) is -0.262. The minimum atomic E-state index is -0.262. The summed E-state index contributed by atoms with van der Waals surface area (Å²) < 4.78 is 14.2. The Morgan fingerprint density at radius 1 is 0.829 bits per heavy atom. The summed E-state index contributed by atoms with van der Waals surface area (Å²) in [6, 6.07) is 18.5. The lowest BCUT2D eigenvalue weighted by Gasteiger charge is -2.13. The van der Waals surface area contributed by atoms with Gasteiger partial charge in [0.25, 0.3) is 0 Å². The molecule has 0 bridgehead atoms. The zero-order chi connectivity index (χ0) is 26.6. The van der Waals surface area contributed by atoms with Crippen LogP contribution < -0.4 is 5.73 Å². The van der Waals surface area contributed by atoms with Gasteiger partial charge in [0.15, 0.2) is 5.71 Å². The van der Waals surface area contributed by atoms with E-state index in [1.807, 2.05) is 45.9 Å². The van der Waals surface area contributed by atoms with E-state index < -0.39 is 0 Å². The van der Waals surface area contributed by atoms with Crippen molar-refractivity contribution in [1.82, 2.24) is 0 Å². The van der Waals surface area contributed by atoms with Crippen molar-refractivity contribution in [2.75, 3.05) is 19.8 Å². The Balaban J connectivity index is 0.000000817. The van der Waals surface area contributed by atoms with Crippen molar-refractivity contribution < 1.29 is 8.97 Å². The molecule has 2 aromatic carbocycles. The molecular formula is C32H42FN2+. The van der Waals surface area contributed by atoms with Crippen LogP contribution in [0.4, 0.5) is 10.1 Å². The van der Waals surface area contributed by atoms with Crippen molar-refractivity contribution in [2.45, 2.75) is 34.6 Å². The van der Waals surface area contributed by atoms with Crippen molar-refractivity contribution >= 4 is 17.0 Å². The SMILES string of the molecule is C=C/C=C(F)\C=C/C.CC.CC.C[N+](C)=C1C=CC(=C(c2ccccc2)c2ccc(N)cc2)C=C1. The lowest BCUT2D eigenvalue weighted by atomic mass is 9.91. The number of nitrogen functional groups attached to an aromatic ring is 1. The summed E-state index contributed by atoms with van der Waals surface area (Å²) in [7, 11) is 4.10. The normalized spacial score (nSPS) is 11.9. The molecule has 0 fully saturated rings. The number of anilines is 1. The third kappa shape index (κ3) is 11.3. The number of rotatable bonds is 4. The van der Waals surface area contributed by atoms with Crippen LogP contribution in [0.15, 0.2) is 121 Å². The fourth-order valence-electron chi connectivity index (χ4n) is 3.01. The maximum Gasteiger partial charge on any atom is 0.199 e. The lowest BCUT2D eigenvalue weighted by molar-refractivity contribution is -0.462. The third-order valence-corrected chi connectivity index (χ3v) is 4.54. The van der Waals surface area contributed by atoms with E-state index in [2.05, 4.69) is 86.0 Å². The van der Waals surface area contributed by atoms with E-state index in [1.54, 1.807) is 13.0 Å². The first-order valence-corrected chi connectivity index (χ1v) is 12.1. The molecule has 186 valence electrons. The minimum Gasteiger partial charge on any atom is -0.399 e. The molecule has 0 aromatic heterocycles. The fourth-order valence-corrected chi connectivity index (χ4v) is 3.01. The van der Waals surface area contributed by atoms with E-state index in [0.29, 0.717) is 0 Å². The Hall–Kier alpha value is -3.72. The summed E-state index contributed by atoms with van der Waals surface area (Å²) in [6.45, 7) is 13.1. The molecule has 1 aliphatic rings. The zero-order valence-electron chi connectivity index (χ0n) is 22.4. The van der Waals surface area contributed by atoms with Crippen LogP contribution in [0.2, 0.25) is 0 Å². The van der Waals surface area contributed by atoms with Gasteiger partial charge in [-0.05, 0) is 65.6 Å². The van der Waals surface area contributed by atoms with Crippen LogP contribution in [0.5, 0.6) is 0 Å². The lowest BCUT2D eigenvalue weighted by Crippen LogP contribution is -2.10. The van der Waals surface area contributed by atoms with Gasteiger partial charge in [0.1, 0.15) is 19.9 Å². The summed E-state index contributed by atoms with van der Waals surface area (Å²) >= 11 is 0. The van der Waals surface area contributed by atoms with Gasteiger partial charge in [0, 0.05) is 17.8 Å². The first kappa shape index (κ1) is 31.3. The van der Waals surface area contributed by atoms with Gasteiger partial charge in [-0.1, -0.05) is 88.9 Å². The smallest absolute Gasteiger partial charge is 0.199 e. The van der Waals surface area contributed by atoms with Crippen LogP contribution in [0.25, 0.3) is 5.57 Å². The van der Waals surface area contributed by atoms with Crippen molar-refractivity contribution in [2.24, 2.45) is 0 Å². The average Bonchev–Trinajstić information content (AvgIpc) is 2.89. The number of nitrogens with two attached hydrogens (primary N) is 1. The summed E-state index contributed by atoms with van der Waals surface area (Å²) in [6.07, 6.45) is 14.4. The minimum absolute atomic E-state index is 0.262. The molecule has 2 nitrogen and oxygen atoms in total. The Morgan fingerprint density at radius 3 is 1.80 bits per heavy atom. The van der Waals surface area contributed by atoms with E-state index >= 15 is 0 Å². The zero-order valence-corrected chi connectivity index (χ0v) is 22.4. The van der Waals surface area contributed by atoms with Gasteiger partial charge in [-0.3, -0.25) is 0 Å². The summed E-state index contributed by atoms with van der Waals surface area (Å²) in [5.41, 5.74) is 12.6. The number of hydrogen-bond acceptors (Lipinski definition) is 1. The van der Waals surface area contributed by atoms with Gasteiger partial charge in [-0.25, -0.2) is 8.97 Å². The molecule has 0 unspecified atom stereocenters. The first-order chi connectivity index (χ1) is 17.0. The summed E-state index contributed by atoms with van der Waals surface area (Å²) in [4.78, 5) is 0. The molecule has 0 saturated heterocycles. The molecule has 0 aliphatic heterocycles. The molecule has 35 heavy (non-hydrogen) atoms. The average molecular weight is 474 g/mol. The van der Waals surface area contributed by atoms with Crippen LogP contribution in [-0.2, 0) is 0 Å². The van der Waals surface area contributed by atoms with Crippen LogP contribution in [0.1, 0.15) is 45.7 Å². The second-order valence-electron chi connectivity index (χ2n) is 7.09. The Kier molecular flexibility index (Phi) is 16.7. The summed E-state index contributed by atoms with van der Waals surface area (Å²) in [5, 5.41) is 0. The van der Waals surface area contributed by atoms with Crippen molar-refractivity contribution in [1.29, 1.82) is 0 Å². The van der Waals surface area contributed by atoms with Gasteiger partial charge < -0.3 is 5.73 Å². The third-order valence-electron chi connectivity index (χ3n) is 4.54. The highest BCUT2D eigenvalue weighted by atomic mass is 19.1. The van der Waals surface area contributed by atoms with E-state index in [-0.39, 0.29) is 5.83 Å². The Bertz CT molecular complexity index is 1040. The largest absolute Gasteiger partial charge is 0.399 e. The van der Waals surface area contributed by atoms with Gasteiger partial charge in [-0.2, -0.15) is 0 Å². The predicted octanol–water partition coefficient (Wildman–Crippen LogP) is 8.56. The van der Waals surface area contributed by atoms with Crippen LogP contribution in [-0.4, -0.2) is 24.4 Å². The molecule has 2 N–H and O–H groups in total. The van der Waals surface area contributed by atoms with Crippen LogP contribution in [0, 0.1) is 0 Å². The highest BCUT2D eigenvalue weighted by Crippen LogP contribution is 2.29. The quantitative estimate of drug-likeness (QED) is 0.269. The van der Waals surface area contributed by atoms with E-state index in [1.165, 1.54) is 46.2 Å². The molecule has 0 atom stereocenters. The number of halogens is 1. The highest BCUT2D eigenvalue weighted by Gasteiger charge is 2.12. The molecule has 0 amide bonds. The molecule has 1 aliphatic carbocycles.